The number of halogens is 1. The van der Waals surface area contributed by atoms with Crippen LogP contribution in [0, 0.1) is 0 Å². The van der Waals surface area contributed by atoms with Crippen LogP contribution >= 0.6 is 11.6 Å². The number of fused-ring (bicyclic) bond motifs is 1. The van der Waals surface area contributed by atoms with Gasteiger partial charge in [0.15, 0.2) is 0 Å². The van der Waals surface area contributed by atoms with Gasteiger partial charge in [-0.3, -0.25) is 4.79 Å². The topological polar surface area (TPSA) is 77.9 Å². The summed E-state index contributed by atoms with van der Waals surface area (Å²) in [7, 11) is -3.75. The van der Waals surface area contributed by atoms with Crippen molar-refractivity contribution in [1.82, 2.24) is 9.21 Å². The molecule has 1 N–H and O–H groups in total. The Bertz CT molecular complexity index is 1030. The Balaban J connectivity index is 1.60. The SMILES string of the molecule is O=C(c1cc(S(=O)(=O)N2CCc3ccccc3C2)ccc1Cl)N1CCC(O)CC1. The maximum Gasteiger partial charge on any atom is 0.255 e. The van der Waals surface area contributed by atoms with Gasteiger partial charge in [0.2, 0.25) is 10.0 Å². The number of piperidine rings is 1. The van der Waals surface area contributed by atoms with Crippen molar-refractivity contribution in [3.63, 3.8) is 0 Å². The molecule has 2 aromatic carbocycles. The fourth-order valence-corrected chi connectivity index (χ4v) is 5.54. The molecule has 2 aromatic rings. The highest BCUT2D eigenvalue weighted by atomic mass is 35.5. The minimum Gasteiger partial charge on any atom is -0.393 e. The van der Waals surface area contributed by atoms with Crippen molar-refractivity contribution in [2.75, 3.05) is 19.6 Å². The number of aliphatic hydroxyl groups excluding tert-OH is 1. The number of sulfonamides is 1. The van der Waals surface area contributed by atoms with Crippen LogP contribution in [0.1, 0.15) is 34.3 Å². The second-order valence-electron chi connectivity index (χ2n) is 7.52. The van der Waals surface area contributed by atoms with Gasteiger partial charge >= 0.3 is 0 Å². The Morgan fingerprint density at radius 3 is 2.45 bits per heavy atom. The molecule has 0 spiro atoms. The molecule has 29 heavy (non-hydrogen) atoms. The normalized spacial score (nSPS) is 18.5. The summed E-state index contributed by atoms with van der Waals surface area (Å²) in [5.74, 6) is -0.303. The zero-order valence-electron chi connectivity index (χ0n) is 15.9. The highest BCUT2D eigenvalue weighted by Gasteiger charge is 2.30. The fraction of sp³-hybridized carbons (Fsp3) is 0.381. The first-order valence-electron chi connectivity index (χ1n) is 9.70. The maximum atomic E-state index is 13.2. The minimum absolute atomic E-state index is 0.0710. The molecule has 0 radical (unpaired) electrons. The van der Waals surface area contributed by atoms with Gasteiger partial charge in [-0.1, -0.05) is 35.9 Å². The first kappa shape index (κ1) is 20.3. The number of hydrogen-bond donors (Lipinski definition) is 1. The molecule has 8 heteroatoms. The van der Waals surface area contributed by atoms with Gasteiger partial charge in [-0.05, 0) is 48.6 Å². The van der Waals surface area contributed by atoms with Crippen LogP contribution in [0.3, 0.4) is 0 Å². The number of carbonyl (C=O) groups excluding carboxylic acids is 1. The lowest BCUT2D eigenvalue weighted by atomic mass is 10.0. The molecule has 2 aliphatic rings. The van der Waals surface area contributed by atoms with E-state index in [0.717, 1.165) is 5.56 Å². The highest BCUT2D eigenvalue weighted by Crippen LogP contribution is 2.28. The average molecular weight is 435 g/mol. The molecule has 2 heterocycles. The molecule has 0 bridgehead atoms. The number of benzene rings is 2. The van der Waals surface area contributed by atoms with E-state index < -0.39 is 16.1 Å². The second-order valence-corrected chi connectivity index (χ2v) is 9.87. The summed E-state index contributed by atoms with van der Waals surface area (Å²) in [6, 6.07) is 12.1. The molecule has 0 unspecified atom stereocenters. The van der Waals surface area contributed by atoms with Crippen LogP contribution in [-0.4, -0.2) is 54.4 Å². The molecule has 0 saturated carbocycles. The van der Waals surface area contributed by atoms with Crippen LogP contribution in [0.15, 0.2) is 47.4 Å². The lowest BCUT2D eigenvalue weighted by Crippen LogP contribution is -2.40. The number of likely N-dealkylation sites (tertiary alicyclic amines) is 1. The number of carbonyl (C=O) groups is 1. The van der Waals surface area contributed by atoms with Crippen LogP contribution in [0.5, 0.6) is 0 Å². The van der Waals surface area contributed by atoms with Gasteiger partial charge in [0.05, 0.1) is 21.6 Å². The Kier molecular flexibility index (Phi) is 5.66. The fourth-order valence-electron chi connectivity index (χ4n) is 3.89. The second kappa shape index (κ2) is 8.07. The van der Waals surface area contributed by atoms with Gasteiger partial charge in [0.1, 0.15) is 0 Å². The predicted octanol–water partition coefficient (Wildman–Crippen LogP) is 2.68. The maximum absolute atomic E-state index is 13.2. The van der Waals surface area contributed by atoms with Crippen molar-refractivity contribution in [3.05, 3.63) is 64.2 Å². The van der Waals surface area contributed by atoms with Gasteiger partial charge in [-0.2, -0.15) is 4.31 Å². The number of hydrogen-bond acceptors (Lipinski definition) is 4. The molecular formula is C21H23ClN2O4S. The van der Waals surface area contributed by atoms with E-state index >= 15 is 0 Å². The highest BCUT2D eigenvalue weighted by molar-refractivity contribution is 7.89. The van der Waals surface area contributed by atoms with Crippen LogP contribution < -0.4 is 0 Å². The number of rotatable bonds is 3. The lowest BCUT2D eigenvalue weighted by molar-refractivity contribution is 0.0546. The van der Waals surface area contributed by atoms with E-state index in [4.69, 9.17) is 11.6 Å². The molecule has 2 aliphatic heterocycles. The van der Waals surface area contributed by atoms with Gasteiger partial charge in [-0.25, -0.2) is 8.42 Å². The first-order valence-corrected chi connectivity index (χ1v) is 11.5. The van der Waals surface area contributed by atoms with Crippen molar-refractivity contribution in [3.8, 4) is 0 Å². The lowest BCUT2D eigenvalue weighted by Gasteiger charge is -2.30. The molecule has 0 aliphatic carbocycles. The van der Waals surface area contributed by atoms with E-state index in [0.29, 0.717) is 45.4 Å². The summed E-state index contributed by atoms with van der Waals surface area (Å²) in [6.07, 6.45) is 1.27. The molecule has 6 nitrogen and oxygen atoms in total. The third-order valence-corrected chi connectivity index (χ3v) is 7.82. The van der Waals surface area contributed by atoms with Crippen molar-refractivity contribution in [1.29, 1.82) is 0 Å². The third kappa shape index (κ3) is 4.05. The van der Waals surface area contributed by atoms with Gasteiger partial charge in [0.25, 0.3) is 5.91 Å². The summed E-state index contributed by atoms with van der Waals surface area (Å²) in [6.45, 7) is 1.57. The summed E-state index contributed by atoms with van der Waals surface area (Å²) < 4.78 is 27.9. The van der Waals surface area contributed by atoms with Gasteiger partial charge < -0.3 is 10.0 Å². The molecule has 0 aromatic heterocycles. The van der Waals surface area contributed by atoms with Gasteiger partial charge in [0, 0.05) is 26.2 Å². The molecule has 1 fully saturated rings. The number of aliphatic hydroxyl groups is 1. The average Bonchev–Trinajstić information content (AvgIpc) is 2.73. The Morgan fingerprint density at radius 2 is 1.72 bits per heavy atom. The minimum atomic E-state index is -3.75. The van der Waals surface area contributed by atoms with E-state index in [1.54, 1.807) is 4.90 Å². The van der Waals surface area contributed by atoms with Crippen molar-refractivity contribution >= 4 is 27.5 Å². The molecule has 1 amide bonds. The Labute approximate surface area is 175 Å². The Morgan fingerprint density at radius 1 is 1.03 bits per heavy atom. The zero-order chi connectivity index (χ0) is 20.6. The van der Waals surface area contributed by atoms with E-state index in [2.05, 4.69) is 0 Å². The monoisotopic (exact) mass is 434 g/mol. The van der Waals surface area contributed by atoms with Crippen molar-refractivity contribution < 1.29 is 18.3 Å². The number of amides is 1. The number of nitrogens with zero attached hydrogens (tertiary/aromatic N) is 2. The standard InChI is InChI=1S/C21H23ClN2O4S/c22-20-6-5-18(13-19(20)21(26)23-10-8-17(25)9-11-23)29(27,28)24-12-7-15-3-1-2-4-16(15)14-24/h1-6,13,17,25H,7-12,14H2. The predicted molar refractivity (Wildman–Crippen MR) is 110 cm³/mol. The Hall–Kier alpha value is -1.93. The summed E-state index contributed by atoms with van der Waals surface area (Å²) >= 11 is 6.24. The zero-order valence-corrected chi connectivity index (χ0v) is 17.5. The molecule has 154 valence electrons. The molecule has 4 rings (SSSR count). The van der Waals surface area contributed by atoms with E-state index in [1.807, 2.05) is 24.3 Å². The van der Waals surface area contributed by atoms with E-state index in [9.17, 15) is 18.3 Å². The van der Waals surface area contributed by atoms with Gasteiger partial charge in [-0.15, -0.1) is 0 Å². The molecular weight excluding hydrogens is 412 g/mol. The van der Waals surface area contributed by atoms with Crippen LogP contribution in [0.2, 0.25) is 5.02 Å². The van der Waals surface area contributed by atoms with Crippen LogP contribution in [0.4, 0.5) is 0 Å². The largest absolute Gasteiger partial charge is 0.393 e. The quantitative estimate of drug-likeness (QED) is 0.805. The van der Waals surface area contributed by atoms with Crippen molar-refractivity contribution in [2.45, 2.75) is 36.8 Å². The van der Waals surface area contributed by atoms with E-state index in [-0.39, 0.29) is 21.4 Å². The summed E-state index contributed by atoms with van der Waals surface area (Å²) in [4.78, 5) is 14.6. The third-order valence-electron chi connectivity index (χ3n) is 5.65. The summed E-state index contributed by atoms with van der Waals surface area (Å²) in [5, 5.41) is 9.88. The smallest absolute Gasteiger partial charge is 0.255 e. The molecule has 0 atom stereocenters. The summed E-state index contributed by atoms with van der Waals surface area (Å²) in [5.41, 5.74) is 2.35. The van der Waals surface area contributed by atoms with Crippen LogP contribution in [0.25, 0.3) is 0 Å². The van der Waals surface area contributed by atoms with Crippen LogP contribution in [-0.2, 0) is 23.0 Å². The molecule has 1 saturated heterocycles. The van der Waals surface area contributed by atoms with Crippen molar-refractivity contribution in [2.24, 2.45) is 0 Å². The first-order chi connectivity index (χ1) is 13.9. The van der Waals surface area contributed by atoms with E-state index in [1.165, 1.54) is 28.1 Å².